The van der Waals surface area contributed by atoms with Gasteiger partial charge in [0.2, 0.25) is 0 Å². The van der Waals surface area contributed by atoms with Gasteiger partial charge in [-0.2, -0.15) is 0 Å². The van der Waals surface area contributed by atoms with Crippen LogP contribution in [-0.4, -0.2) is 66.6 Å². The molecule has 2 aromatic carbocycles. The Balaban J connectivity index is 2.04. The van der Waals surface area contributed by atoms with E-state index in [9.17, 15) is 26.8 Å². The van der Waals surface area contributed by atoms with Gasteiger partial charge in [0.05, 0.1) is 23.9 Å². The molecule has 1 N–H and O–H groups in total. The molecule has 2 aromatic heterocycles. The minimum absolute atomic E-state index is 0.0306. The van der Waals surface area contributed by atoms with Crippen LogP contribution in [0.1, 0.15) is 16.2 Å². The molecule has 242 valence electrons. The zero-order chi connectivity index (χ0) is 33.1. The van der Waals surface area contributed by atoms with Gasteiger partial charge in [0.25, 0.3) is 5.56 Å². The van der Waals surface area contributed by atoms with E-state index < -0.39 is 46.6 Å². The Morgan fingerprint density at radius 3 is 2.40 bits per heavy atom. The predicted molar refractivity (Wildman–Crippen MR) is 176 cm³/mol. The first kappa shape index (κ1) is 34.1. The number of nitrogens with zero attached hydrogens (tertiary/aromatic N) is 2. The highest BCUT2D eigenvalue weighted by atomic mass is 32.2. The number of benzene rings is 2. The minimum atomic E-state index is -3.76. The molecule has 12 nitrogen and oxygen atoms in total. The molecule has 0 fully saturated rings. The van der Waals surface area contributed by atoms with Crippen LogP contribution in [0, 0.1) is 6.92 Å². The summed E-state index contributed by atoms with van der Waals surface area (Å²) in [5.74, 6) is -0.796. The maximum atomic E-state index is 13.4. The molecule has 2 heterocycles. The molecule has 0 spiro atoms. The number of methoxy groups -OCH3 is 1. The van der Waals surface area contributed by atoms with Crippen molar-refractivity contribution in [2.45, 2.75) is 39.3 Å². The summed E-state index contributed by atoms with van der Waals surface area (Å²) in [4.78, 5) is 28.5. The summed E-state index contributed by atoms with van der Waals surface area (Å²) < 4.78 is 68.5. The normalized spacial score (nSPS) is 12.7. The molecule has 15 heteroatoms. The maximum absolute atomic E-state index is 13.4. The lowest BCUT2D eigenvalue weighted by Gasteiger charge is -2.26. The van der Waals surface area contributed by atoms with E-state index in [4.69, 9.17) is 14.2 Å². The van der Waals surface area contributed by atoms with Crippen molar-refractivity contribution in [3.05, 3.63) is 76.3 Å². The molecular formula is C30H36N3O9S2Si-. The van der Waals surface area contributed by atoms with Gasteiger partial charge in [-0.1, -0.05) is 37.8 Å². The molecule has 0 radical (unpaired) electrons. The number of carbonyl (C=O) groups is 1. The summed E-state index contributed by atoms with van der Waals surface area (Å²) in [5.41, 5.74) is 0.675. The van der Waals surface area contributed by atoms with Crippen molar-refractivity contribution >= 4 is 51.6 Å². The molecule has 0 saturated heterocycles. The number of pyridine rings is 1. The Morgan fingerprint density at radius 2 is 1.80 bits per heavy atom. The van der Waals surface area contributed by atoms with E-state index in [1.807, 2.05) is 6.07 Å². The molecule has 0 bridgehead atoms. The number of hydrogen-bond donors (Lipinski definition) is 1. The first-order chi connectivity index (χ1) is 21.1. The molecule has 4 rings (SSSR count). The average Bonchev–Trinajstić information content (AvgIpc) is 3.24. The van der Waals surface area contributed by atoms with E-state index in [0.717, 1.165) is 12.3 Å². The zero-order valence-electron chi connectivity index (χ0n) is 25.9. The third-order valence-corrected chi connectivity index (χ3v) is 10.3. The van der Waals surface area contributed by atoms with Gasteiger partial charge in [-0.3, -0.25) is 13.3 Å². The number of nitrogens with one attached hydrogen (secondary N) is 1. The van der Waals surface area contributed by atoms with Crippen molar-refractivity contribution in [3.63, 3.8) is 0 Å². The molecule has 4 aromatic rings. The number of ether oxygens (including phenoxy) is 3. The minimum Gasteiger partial charge on any atom is -0.755 e. The van der Waals surface area contributed by atoms with Crippen LogP contribution in [0.25, 0.3) is 22.0 Å². The van der Waals surface area contributed by atoms with Crippen LogP contribution in [0.4, 0.5) is 5.69 Å². The number of aryl methyl sites for hydroxylation is 1. The largest absolute Gasteiger partial charge is 0.755 e. The number of rotatable bonds is 13. The van der Waals surface area contributed by atoms with Gasteiger partial charge in [0, 0.05) is 48.8 Å². The van der Waals surface area contributed by atoms with Crippen molar-refractivity contribution in [3.8, 4) is 22.8 Å². The molecule has 0 saturated carbocycles. The van der Waals surface area contributed by atoms with E-state index in [0.29, 0.717) is 39.0 Å². The van der Waals surface area contributed by atoms with Crippen molar-refractivity contribution in [2.24, 2.45) is 0 Å². The number of carbonyl (C=O) groups excluding carboxylic acids is 1. The van der Waals surface area contributed by atoms with E-state index in [2.05, 4.69) is 24.6 Å². The lowest BCUT2D eigenvalue weighted by Crippen LogP contribution is -2.31. The highest BCUT2D eigenvalue weighted by molar-refractivity contribution is 7.92. The highest BCUT2D eigenvalue weighted by Crippen LogP contribution is 2.42. The van der Waals surface area contributed by atoms with Gasteiger partial charge >= 0.3 is 5.97 Å². The average molecular weight is 675 g/mol. The second-order valence-electron chi connectivity index (χ2n) is 11.7. The molecule has 0 aliphatic carbocycles. The van der Waals surface area contributed by atoms with Crippen LogP contribution in [-0.2, 0) is 37.3 Å². The number of esters is 1. The predicted octanol–water partition coefficient (Wildman–Crippen LogP) is 4.80. The van der Waals surface area contributed by atoms with Crippen molar-refractivity contribution in [1.29, 1.82) is 0 Å². The fourth-order valence-electron chi connectivity index (χ4n) is 4.74. The quantitative estimate of drug-likeness (QED) is 0.0910. The number of anilines is 1. The Bertz CT molecular complexity index is 1900. The first-order valence-corrected chi connectivity index (χ1v) is 20.7. The van der Waals surface area contributed by atoms with E-state index in [1.165, 1.54) is 31.4 Å². The molecule has 0 aliphatic rings. The third kappa shape index (κ3) is 8.29. The van der Waals surface area contributed by atoms with Crippen LogP contribution in [0.15, 0.2) is 59.4 Å². The smallest absolute Gasteiger partial charge is 0.354 e. The van der Waals surface area contributed by atoms with Crippen LogP contribution < -0.4 is 14.6 Å². The second kappa shape index (κ2) is 13.7. The summed E-state index contributed by atoms with van der Waals surface area (Å²) in [6, 6.07) is 15.7. The summed E-state index contributed by atoms with van der Waals surface area (Å²) in [5, 5.41) is 0.640. The van der Waals surface area contributed by atoms with E-state index in [1.54, 1.807) is 35.8 Å². The Kier molecular flexibility index (Phi) is 10.4. The Labute approximate surface area is 265 Å². The fraction of sp³-hybridized carbons (Fsp3) is 0.333. The lowest BCUT2D eigenvalue weighted by molar-refractivity contribution is 0.0594. The summed E-state index contributed by atoms with van der Waals surface area (Å²) in [7, 11) is -3.99. The number of fused-ring (bicyclic) bond motifs is 1. The second-order valence-corrected chi connectivity index (χ2v) is 20.4. The van der Waals surface area contributed by atoms with Gasteiger partial charge in [0.1, 0.15) is 29.8 Å². The molecule has 1 unspecified atom stereocenters. The lowest BCUT2D eigenvalue weighted by atomic mass is 10.0. The number of aromatic nitrogens is 2. The standard InChI is InChI=1S/C30H37N3O9S2Si/c1-20-27-24(17-25(30(35)40-2)31-29(27)34)28(32(20)18-41-14-15-45(4,5)6)23-16-21(33(43(36)37)19-44(3,38)39)12-13-26(23)42-22-10-8-7-9-11-22/h7-13,16-17H,14-15,18-19H2,1-6H3,(H,31,34)(H,36,37)/p-1. The highest BCUT2D eigenvalue weighted by Gasteiger charge is 2.25. The van der Waals surface area contributed by atoms with Crippen LogP contribution in [0.5, 0.6) is 11.5 Å². The summed E-state index contributed by atoms with van der Waals surface area (Å²) in [6.07, 6.45) is 0.932. The third-order valence-electron chi connectivity index (χ3n) is 6.96. The van der Waals surface area contributed by atoms with Gasteiger partial charge < -0.3 is 28.3 Å². The molecular weight excluding hydrogens is 639 g/mol. The fourth-order valence-corrected chi connectivity index (χ4v) is 7.28. The Hall–Kier alpha value is -3.76. The summed E-state index contributed by atoms with van der Waals surface area (Å²) in [6.45, 7) is 8.93. The molecule has 1 atom stereocenters. The summed E-state index contributed by atoms with van der Waals surface area (Å²) >= 11 is -2.95. The van der Waals surface area contributed by atoms with Crippen LogP contribution in [0.2, 0.25) is 25.7 Å². The Morgan fingerprint density at radius 1 is 1.11 bits per heavy atom. The monoisotopic (exact) mass is 674 g/mol. The number of aromatic amines is 1. The van der Waals surface area contributed by atoms with E-state index in [-0.39, 0.29) is 29.2 Å². The molecule has 0 amide bonds. The first-order valence-electron chi connectivity index (χ1n) is 13.9. The van der Waals surface area contributed by atoms with Gasteiger partial charge in [-0.05, 0) is 49.4 Å². The topological polar surface area (TPSA) is 160 Å². The van der Waals surface area contributed by atoms with Gasteiger partial charge in [0.15, 0.2) is 9.84 Å². The van der Waals surface area contributed by atoms with Crippen molar-refractivity contribution in [2.75, 3.05) is 30.2 Å². The zero-order valence-corrected chi connectivity index (χ0v) is 28.5. The van der Waals surface area contributed by atoms with Crippen LogP contribution in [0.3, 0.4) is 0 Å². The van der Waals surface area contributed by atoms with Gasteiger partial charge in [-0.15, -0.1) is 0 Å². The molecule has 45 heavy (non-hydrogen) atoms. The number of para-hydroxylation sites is 1. The van der Waals surface area contributed by atoms with E-state index >= 15 is 0 Å². The van der Waals surface area contributed by atoms with Crippen molar-refractivity contribution < 1.29 is 36.2 Å². The van der Waals surface area contributed by atoms with Crippen LogP contribution >= 0.6 is 0 Å². The van der Waals surface area contributed by atoms with Gasteiger partial charge in [-0.25, -0.2) is 13.2 Å². The maximum Gasteiger partial charge on any atom is 0.354 e. The number of hydrogen-bond acceptors (Lipinski definition) is 9. The number of sulfone groups is 1. The number of H-pyrrole nitrogens is 1. The molecule has 0 aliphatic heterocycles. The SMILES string of the molecule is COC(=O)c1cc2c(-c3cc(N(CS(C)(=O)=O)S(=O)[O-])ccc3Oc3ccccc3)n(COCC[Si](C)(C)C)c(C)c2c(=O)[nH]1. The van der Waals surface area contributed by atoms with Crippen molar-refractivity contribution in [1.82, 2.24) is 9.55 Å².